The molecule has 0 spiro atoms. The third-order valence-electron chi connectivity index (χ3n) is 2.28. The van der Waals surface area contributed by atoms with Crippen LogP contribution in [-0.2, 0) is 5.54 Å². The molecule has 60 valence electrons. The summed E-state index contributed by atoms with van der Waals surface area (Å²) in [5.74, 6) is 0.506. The van der Waals surface area contributed by atoms with Crippen molar-refractivity contribution in [2.75, 3.05) is 5.73 Å². The van der Waals surface area contributed by atoms with Gasteiger partial charge in [-0.05, 0) is 12.1 Å². The van der Waals surface area contributed by atoms with Gasteiger partial charge in [-0.2, -0.15) is 0 Å². The Morgan fingerprint density at radius 3 is 2.83 bits per heavy atom. The maximum absolute atomic E-state index is 7.04. The molecule has 1 heterocycles. The summed E-state index contributed by atoms with van der Waals surface area (Å²) in [5, 5.41) is 0. The summed E-state index contributed by atoms with van der Waals surface area (Å²) in [6.07, 6.45) is 3.50. The molecule has 2 rings (SSSR count). The van der Waals surface area contributed by atoms with E-state index in [-0.39, 0.29) is 5.54 Å². The normalized spacial score (nSPS) is 18.2. The van der Waals surface area contributed by atoms with Crippen LogP contribution in [0.2, 0.25) is 0 Å². The van der Waals surface area contributed by atoms with E-state index >= 15 is 0 Å². The number of nitrogens with two attached hydrogens (primary N) is 1. The minimum Gasteiger partial charge on any atom is -0.383 e. The van der Waals surface area contributed by atoms with E-state index in [0.717, 1.165) is 18.4 Å². The first-order chi connectivity index (χ1) is 5.78. The maximum atomic E-state index is 7.04. The molecule has 1 aliphatic carbocycles. The number of nitrogens with zero attached hydrogens (tertiary/aromatic N) is 2. The van der Waals surface area contributed by atoms with Gasteiger partial charge in [0.05, 0.1) is 5.56 Å². The van der Waals surface area contributed by atoms with Crippen molar-refractivity contribution in [3.8, 4) is 0 Å². The zero-order valence-electron chi connectivity index (χ0n) is 6.62. The van der Waals surface area contributed by atoms with Crippen molar-refractivity contribution in [3.05, 3.63) is 35.3 Å². The molecule has 0 radical (unpaired) electrons. The standard InChI is InChI=1S/C9H9N3/c1-11-9(4-5-9)7-3-2-6-12-8(7)10/h2-3,6H,4-5H2,(H2,10,12). The topological polar surface area (TPSA) is 43.3 Å². The third kappa shape index (κ3) is 0.850. The van der Waals surface area contributed by atoms with E-state index < -0.39 is 0 Å². The Kier molecular flexibility index (Phi) is 1.31. The van der Waals surface area contributed by atoms with Gasteiger partial charge in [0, 0.05) is 19.0 Å². The monoisotopic (exact) mass is 159 g/mol. The predicted octanol–water partition coefficient (Wildman–Crippen LogP) is 1.57. The maximum Gasteiger partial charge on any atom is 0.261 e. The SMILES string of the molecule is [C-]#[N+]C1(c2cccnc2N)CC1. The lowest BCUT2D eigenvalue weighted by molar-refractivity contribution is 0.879. The summed E-state index contributed by atoms with van der Waals surface area (Å²) in [4.78, 5) is 7.56. The first-order valence-corrected chi connectivity index (χ1v) is 3.88. The van der Waals surface area contributed by atoms with Crippen LogP contribution in [0.4, 0.5) is 5.82 Å². The number of pyridine rings is 1. The highest BCUT2D eigenvalue weighted by atomic mass is 14.9. The van der Waals surface area contributed by atoms with Crippen LogP contribution in [0.1, 0.15) is 18.4 Å². The van der Waals surface area contributed by atoms with Crippen LogP contribution in [0.3, 0.4) is 0 Å². The van der Waals surface area contributed by atoms with E-state index in [1.165, 1.54) is 0 Å². The number of rotatable bonds is 1. The molecule has 0 amide bonds. The molecular formula is C9H9N3. The molecule has 1 aromatic rings. The first-order valence-electron chi connectivity index (χ1n) is 3.88. The average Bonchev–Trinajstić information content (AvgIpc) is 2.86. The zero-order valence-corrected chi connectivity index (χ0v) is 6.62. The van der Waals surface area contributed by atoms with E-state index in [1.807, 2.05) is 12.1 Å². The van der Waals surface area contributed by atoms with E-state index in [1.54, 1.807) is 6.20 Å². The molecule has 2 N–H and O–H groups in total. The van der Waals surface area contributed by atoms with Crippen molar-refractivity contribution in [1.82, 2.24) is 4.98 Å². The molecule has 3 heteroatoms. The predicted molar refractivity (Wildman–Crippen MR) is 46.2 cm³/mol. The van der Waals surface area contributed by atoms with Gasteiger partial charge in [0.1, 0.15) is 5.82 Å². The summed E-state index contributed by atoms with van der Waals surface area (Å²) in [6.45, 7) is 7.04. The highest BCUT2D eigenvalue weighted by molar-refractivity contribution is 5.48. The molecule has 1 aliphatic rings. The lowest BCUT2D eigenvalue weighted by Gasteiger charge is -2.03. The van der Waals surface area contributed by atoms with Gasteiger partial charge < -0.3 is 10.6 Å². The summed E-state index contributed by atoms with van der Waals surface area (Å²) in [5.41, 5.74) is 6.25. The smallest absolute Gasteiger partial charge is 0.261 e. The van der Waals surface area contributed by atoms with Crippen LogP contribution in [0.5, 0.6) is 0 Å². The second-order valence-corrected chi connectivity index (χ2v) is 3.08. The summed E-state index contributed by atoms with van der Waals surface area (Å²) in [6, 6.07) is 3.73. The fourth-order valence-corrected chi connectivity index (χ4v) is 1.37. The largest absolute Gasteiger partial charge is 0.383 e. The molecule has 0 aromatic carbocycles. The van der Waals surface area contributed by atoms with E-state index in [4.69, 9.17) is 12.3 Å². The van der Waals surface area contributed by atoms with Crippen molar-refractivity contribution in [2.24, 2.45) is 0 Å². The van der Waals surface area contributed by atoms with Crippen molar-refractivity contribution in [2.45, 2.75) is 18.4 Å². The van der Waals surface area contributed by atoms with Gasteiger partial charge in [-0.25, -0.2) is 11.6 Å². The highest BCUT2D eigenvalue weighted by Gasteiger charge is 2.53. The number of nitrogen functional groups attached to an aromatic ring is 1. The lowest BCUT2D eigenvalue weighted by Crippen LogP contribution is -2.05. The van der Waals surface area contributed by atoms with Crippen molar-refractivity contribution >= 4 is 5.82 Å². The molecule has 0 unspecified atom stereocenters. The lowest BCUT2D eigenvalue weighted by atomic mass is 10.1. The van der Waals surface area contributed by atoms with Gasteiger partial charge in [-0.1, -0.05) is 0 Å². The molecule has 1 aromatic heterocycles. The number of hydrogen-bond donors (Lipinski definition) is 1. The Hall–Kier alpha value is -1.56. The highest BCUT2D eigenvalue weighted by Crippen LogP contribution is 2.50. The summed E-state index contributed by atoms with van der Waals surface area (Å²) < 4.78 is 0. The Bertz CT molecular complexity index is 347. The van der Waals surface area contributed by atoms with Gasteiger partial charge in [-0.15, -0.1) is 0 Å². The van der Waals surface area contributed by atoms with Crippen LogP contribution in [0.15, 0.2) is 18.3 Å². The molecular weight excluding hydrogens is 150 g/mol. The Labute approximate surface area is 71.0 Å². The fourth-order valence-electron chi connectivity index (χ4n) is 1.37. The number of anilines is 1. The first kappa shape index (κ1) is 7.11. The van der Waals surface area contributed by atoms with Crippen LogP contribution >= 0.6 is 0 Å². The molecule has 0 saturated heterocycles. The average molecular weight is 159 g/mol. The fraction of sp³-hybridized carbons (Fsp3) is 0.333. The molecule has 12 heavy (non-hydrogen) atoms. The Balaban J connectivity index is 2.48. The summed E-state index contributed by atoms with van der Waals surface area (Å²) in [7, 11) is 0. The van der Waals surface area contributed by atoms with E-state index in [2.05, 4.69) is 9.83 Å². The quantitative estimate of drug-likeness (QED) is 0.632. The zero-order chi connectivity index (χ0) is 8.60. The Morgan fingerprint density at radius 2 is 2.33 bits per heavy atom. The van der Waals surface area contributed by atoms with Gasteiger partial charge >= 0.3 is 0 Å². The number of aromatic nitrogens is 1. The van der Waals surface area contributed by atoms with Crippen molar-refractivity contribution in [1.29, 1.82) is 0 Å². The summed E-state index contributed by atoms with van der Waals surface area (Å²) >= 11 is 0. The second kappa shape index (κ2) is 2.21. The van der Waals surface area contributed by atoms with Crippen molar-refractivity contribution < 1.29 is 0 Å². The van der Waals surface area contributed by atoms with Gasteiger partial charge in [-0.3, -0.25) is 0 Å². The number of hydrogen-bond acceptors (Lipinski definition) is 2. The molecule has 1 fully saturated rings. The van der Waals surface area contributed by atoms with Crippen LogP contribution in [-0.4, -0.2) is 4.98 Å². The second-order valence-electron chi connectivity index (χ2n) is 3.08. The van der Waals surface area contributed by atoms with Crippen LogP contribution in [0.25, 0.3) is 4.85 Å². The molecule has 1 saturated carbocycles. The molecule has 0 aliphatic heterocycles. The van der Waals surface area contributed by atoms with Crippen LogP contribution in [0, 0.1) is 6.57 Å². The minimum absolute atomic E-state index is 0.321. The van der Waals surface area contributed by atoms with Gasteiger partial charge in [0.25, 0.3) is 5.54 Å². The van der Waals surface area contributed by atoms with Gasteiger partial charge in [0.2, 0.25) is 0 Å². The molecule has 0 atom stereocenters. The van der Waals surface area contributed by atoms with E-state index in [9.17, 15) is 0 Å². The van der Waals surface area contributed by atoms with E-state index in [0.29, 0.717) is 5.82 Å². The molecule has 0 bridgehead atoms. The Morgan fingerprint density at radius 1 is 1.58 bits per heavy atom. The molecule has 3 nitrogen and oxygen atoms in total. The van der Waals surface area contributed by atoms with Crippen molar-refractivity contribution in [3.63, 3.8) is 0 Å². The minimum atomic E-state index is -0.321. The van der Waals surface area contributed by atoms with Gasteiger partial charge in [0.15, 0.2) is 0 Å². The van der Waals surface area contributed by atoms with Crippen LogP contribution < -0.4 is 5.73 Å². The third-order valence-corrected chi connectivity index (χ3v) is 2.28.